The van der Waals surface area contributed by atoms with Gasteiger partial charge in [0.25, 0.3) is 11.8 Å². The molecular formula is C24H29N3O3. The van der Waals surface area contributed by atoms with Gasteiger partial charge < -0.3 is 14.5 Å². The minimum Gasteiger partial charge on any atom is -0.497 e. The molecule has 2 aliphatic heterocycles. The molecule has 0 bridgehead atoms. The van der Waals surface area contributed by atoms with Crippen molar-refractivity contribution in [3.05, 3.63) is 58.9 Å². The summed E-state index contributed by atoms with van der Waals surface area (Å²) in [5.41, 5.74) is 3.25. The average Bonchev–Trinajstić information content (AvgIpc) is 3.33. The van der Waals surface area contributed by atoms with Crippen LogP contribution in [0.5, 0.6) is 5.75 Å². The Kier molecular flexibility index (Phi) is 6.02. The molecule has 4 rings (SSSR count). The first-order chi connectivity index (χ1) is 14.6. The monoisotopic (exact) mass is 407 g/mol. The lowest BCUT2D eigenvalue weighted by molar-refractivity contribution is 0.0707. The van der Waals surface area contributed by atoms with Crippen LogP contribution in [0.3, 0.4) is 0 Å². The van der Waals surface area contributed by atoms with E-state index in [-0.39, 0.29) is 17.7 Å². The van der Waals surface area contributed by atoms with Crippen LogP contribution in [0.4, 0.5) is 0 Å². The molecule has 0 radical (unpaired) electrons. The summed E-state index contributed by atoms with van der Waals surface area (Å²) in [6.45, 7) is 4.98. The van der Waals surface area contributed by atoms with Gasteiger partial charge in [-0.05, 0) is 69.0 Å². The number of rotatable bonds is 4. The van der Waals surface area contributed by atoms with Crippen molar-refractivity contribution in [2.24, 2.45) is 0 Å². The molecule has 6 nitrogen and oxygen atoms in total. The molecular weight excluding hydrogens is 378 g/mol. The quantitative estimate of drug-likeness (QED) is 0.776. The molecule has 6 heteroatoms. The van der Waals surface area contributed by atoms with Crippen molar-refractivity contribution in [3.8, 4) is 5.75 Å². The average molecular weight is 408 g/mol. The van der Waals surface area contributed by atoms with Crippen molar-refractivity contribution in [2.45, 2.75) is 38.5 Å². The van der Waals surface area contributed by atoms with Gasteiger partial charge in [0.2, 0.25) is 0 Å². The Morgan fingerprint density at radius 1 is 0.900 bits per heavy atom. The van der Waals surface area contributed by atoms with Crippen molar-refractivity contribution in [1.82, 2.24) is 14.8 Å². The lowest BCUT2D eigenvalue weighted by Crippen LogP contribution is -2.38. The smallest absolute Gasteiger partial charge is 0.255 e. The third-order valence-corrected chi connectivity index (χ3v) is 6.19. The van der Waals surface area contributed by atoms with Gasteiger partial charge in [0, 0.05) is 43.4 Å². The van der Waals surface area contributed by atoms with E-state index in [4.69, 9.17) is 9.72 Å². The van der Waals surface area contributed by atoms with Gasteiger partial charge in [-0.25, -0.2) is 0 Å². The molecule has 1 aromatic carbocycles. The minimum absolute atomic E-state index is 0.0432. The molecule has 30 heavy (non-hydrogen) atoms. The number of pyridine rings is 1. The molecule has 2 amide bonds. The second-order valence-corrected chi connectivity index (χ2v) is 8.18. The standard InChI is InChI=1S/C24H29N3O3/c1-17-5-10-21(24(29)26-13-3-4-14-26)22(25-17)18-11-15-27(16-12-18)23(28)19-6-8-20(30-2)9-7-19/h5-10,18H,3-4,11-16H2,1-2H3. The number of aryl methyl sites for hydroxylation is 1. The highest BCUT2D eigenvalue weighted by Crippen LogP contribution is 2.31. The molecule has 3 heterocycles. The van der Waals surface area contributed by atoms with Crippen LogP contribution in [0, 0.1) is 6.92 Å². The SMILES string of the molecule is COc1ccc(C(=O)N2CCC(c3nc(C)ccc3C(=O)N3CCCC3)CC2)cc1. The van der Waals surface area contributed by atoms with Gasteiger partial charge in [-0.3, -0.25) is 14.6 Å². The summed E-state index contributed by atoms with van der Waals surface area (Å²) in [4.78, 5) is 34.5. The number of hydrogen-bond donors (Lipinski definition) is 0. The van der Waals surface area contributed by atoms with Crippen LogP contribution in [0.1, 0.15) is 63.7 Å². The van der Waals surface area contributed by atoms with Crippen molar-refractivity contribution >= 4 is 11.8 Å². The Balaban J connectivity index is 1.46. The van der Waals surface area contributed by atoms with Gasteiger partial charge in [-0.15, -0.1) is 0 Å². The fraction of sp³-hybridized carbons (Fsp3) is 0.458. The Morgan fingerprint density at radius 2 is 1.53 bits per heavy atom. The van der Waals surface area contributed by atoms with E-state index in [0.717, 1.165) is 61.5 Å². The van der Waals surface area contributed by atoms with Crippen LogP contribution in [-0.4, -0.2) is 59.9 Å². The summed E-state index contributed by atoms with van der Waals surface area (Å²) in [6.07, 6.45) is 3.79. The number of carbonyl (C=O) groups is 2. The number of methoxy groups -OCH3 is 1. The van der Waals surface area contributed by atoms with E-state index >= 15 is 0 Å². The van der Waals surface area contributed by atoms with E-state index in [0.29, 0.717) is 18.7 Å². The number of aromatic nitrogens is 1. The predicted molar refractivity (Wildman–Crippen MR) is 115 cm³/mol. The molecule has 0 unspecified atom stereocenters. The lowest BCUT2D eigenvalue weighted by Gasteiger charge is -2.33. The second kappa shape index (κ2) is 8.86. The third-order valence-electron chi connectivity index (χ3n) is 6.19. The van der Waals surface area contributed by atoms with Gasteiger partial charge in [0.15, 0.2) is 0 Å². The van der Waals surface area contributed by atoms with Gasteiger partial charge in [-0.2, -0.15) is 0 Å². The van der Waals surface area contributed by atoms with Crippen LogP contribution in [0.15, 0.2) is 36.4 Å². The van der Waals surface area contributed by atoms with Crippen molar-refractivity contribution < 1.29 is 14.3 Å². The molecule has 2 saturated heterocycles. The molecule has 2 aliphatic rings. The molecule has 0 aliphatic carbocycles. The number of amides is 2. The predicted octanol–water partition coefficient (Wildman–Crippen LogP) is 3.65. The van der Waals surface area contributed by atoms with Gasteiger partial charge in [-0.1, -0.05) is 0 Å². The normalized spacial score (nSPS) is 17.3. The number of nitrogens with zero attached hydrogens (tertiary/aromatic N) is 3. The molecule has 2 aromatic rings. The van der Waals surface area contributed by atoms with Gasteiger partial charge >= 0.3 is 0 Å². The Morgan fingerprint density at radius 3 is 2.17 bits per heavy atom. The summed E-state index contributed by atoms with van der Waals surface area (Å²) in [5.74, 6) is 1.09. The number of piperidine rings is 1. The van der Waals surface area contributed by atoms with Crippen LogP contribution in [0.25, 0.3) is 0 Å². The lowest BCUT2D eigenvalue weighted by atomic mass is 9.89. The largest absolute Gasteiger partial charge is 0.497 e. The topological polar surface area (TPSA) is 62.7 Å². The van der Waals surface area contributed by atoms with Crippen LogP contribution >= 0.6 is 0 Å². The van der Waals surface area contributed by atoms with Crippen LogP contribution in [0.2, 0.25) is 0 Å². The van der Waals surface area contributed by atoms with E-state index < -0.39 is 0 Å². The molecule has 0 saturated carbocycles. The Hall–Kier alpha value is -2.89. The summed E-state index contributed by atoms with van der Waals surface area (Å²) in [5, 5.41) is 0. The van der Waals surface area contributed by atoms with E-state index in [1.165, 1.54) is 0 Å². The summed E-state index contributed by atoms with van der Waals surface area (Å²) in [6, 6.07) is 11.1. The zero-order valence-corrected chi connectivity index (χ0v) is 17.8. The maximum atomic E-state index is 13.0. The molecule has 0 spiro atoms. The molecule has 0 atom stereocenters. The van der Waals surface area contributed by atoms with E-state index in [1.807, 2.05) is 53.1 Å². The fourth-order valence-electron chi connectivity index (χ4n) is 4.43. The molecule has 2 fully saturated rings. The highest BCUT2D eigenvalue weighted by molar-refractivity contribution is 5.96. The summed E-state index contributed by atoms with van der Waals surface area (Å²) < 4.78 is 5.17. The Labute approximate surface area is 177 Å². The van der Waals surface area contributed by atoms with E-state index in [9.17, 15) is 9.59 Å². The Bertz CT molecular complexity index is 912. The van der Waals surface area contributed by atoms with Gasteiger partial charge in [0.05, 0.1) is 18.4 Å². The maximum absolute atomic E-state index is 13.0. The first kappa shape index (κ1) is 20.4. The van der Waals surface area contributed by atoms with Gasteiger partial charge in [0.1, 0.15) is 5.75 Å². The molecule has 0 N–H and O–H groups in total. The second-order valence-electron chi connectivity index (χ2n) is 8.18. The number of likely N-dealkylation sites (tertiary alicyclic amines) is 2. The van der Waals surface area contributed by atoms with E-state index in [1.54, 1.807) is 7.11 Å². The zero-order chi connectivity index (χ0) is 21.1. The molecule has 1 aromatic heterocycles. The summed E-state index contributed by atoms with van der Waals surface area (Å²) >= 11 is 0. The third kappa shape index (κ3) is 4.18. The first-order valence-corrected chi connectivity index (χ1v) is 10.8. The van der Waals surface area contributed by atoms with E-state index in [2.05, 4.69) is 0 Å². The number of benzene rings is 1. The highest BCUT2D eigenvalue weighted by Gasteiger charge is 2.30. The zero-order valence-electron chi connectivity index (χ0n) is 17.8. The fourth-order valence-corrected chi connectivity index (χ4v) is 4.43. The van der Waals surface area contributed by atoms with Crippen molar-refractivity contribution in [3.63, 3.8) is 0 Å². The highest BCUT2D eigenvalue weighted by atomic mass is 16.5. The number of carbonyl (C=O) groups excluding carboxylic acids is 2. The van der Waals surface area contributed by atoms with Crippen LogP contribution < -0.4 is 4.74 Å². The first-order valence-electron chi connectivity index (χ1n) is 10.8. The minimum atomic E-state index is 0.0432. The number of hydrogen-bond acceptors (Lipinski definition) is 4. The van der Waals surface area contributed by atoms with Crippen molar-refractivity contribution in [1.29, 1.82) is 0 Å². The van der Waals surface area contributed by atoms with Crippen LogP contribution in [-0.2, 0) is 0 Å². The summed E-state index contributed by atoms with van der Waals surface area (Å²) in [7, 11) is 1.61. The van der Waals surface area contributed by atoms with Crippen molar-refractivity contribution in [2.75, 3.05) is 33.3 Å². The number of ether oxygens (including phenoxy) is 1. The molecule has 158 valence electrons. The maximum Gasteiger partial charge on any atom is 0.255 e.